The van der Waals surface area contributed by atoms with E-state index in [0.29, 0.717) is 24.0 Å². The van der Waals surface area contributed by atoms with Gasteiger partial charge in [-0.3, -0.25) is 4.79 Å². The monoisotopic (exact) mass is 367 g/mol. The smallest absolute Gasteiger partial charge is 0.226 e. The summed E-state index contributed by atoms with van der Waals surface area (Å²) in [6, 6.07) is 14.3. The van der Waals surface area contributed by atoms with E-state index < -0.39 is 0 Å². The summed E-state index contributed by atoms with van der Waals surface area (Å²) in [5.74, 6) is 3.24. The zero-order valence-corrected chi connectivity index (χ0v) is 16.0. The lowest BCUT2D eigenvalue weighted by atomic mass is 10.0. The quantitative estimate of drug-likeness (QED) is 0.753. The van der Waals surface area contributed by atoms with E-state index in [4.69, 9.17) is 14.2 Å². The fraction of sp³-hybridized carbons (Fsp3) is 0.409. The van der Waals surface area contributed by atoms with Crippen molar-refractivity contribution < 1.29 is 19.0 Å². The van der Waals surface area contributed by atoms with Crippen LogP contribution in [0.2, 0.25) is 0 Å². The molecule has 1 saturated carbocycles. The topological polar surface area (TPSA) is 48.0 Å². The first-order valence-electron chi connectivity index (χ1n) is 9.29. The maximum atomic E-state index is 12.8. The maximum Gasteiger partial charge on any atom is 0.226 e. The molecular weight excluding hydrogens is 342 g/mol. The number of hydrogen-bond acceptors (Lipinski definition) is 4. The van der Waals surface area contributed by atoms with Crippen LogP contribution in [-0.2, 0) is 17.8 Å². The number of fused-ring (bicyclic) bond motifs is 1. The summed E-state index contributed by atoms with van der Waals surface area (Å²) in [7, 11) is 4.93. The SMILES string of the molecule is COc1ccc(C[C@H]2[C@H]3C[C@H]3C(=O)N2Cc2ccc(OC)c(OC)c2)cc1. The Morgan fingerprint density at radius 1 is 0.926 bits per heavy atom. The van der Waals surface area contributed by atoms with Gasteiger partial charge in [-0.2, -0.15) is 0 Å². The van der Waals surface area contributed by atoms with Crippen LogP contribution in [0.1, 0.15) is 17.5 Å². The van der Waals surface area contributed by atoms with E-state index >= 15 is 0 Å². The number of ether oxygens (including phenoxy) is 3. The van der Waals surface area contributed by atoms with Crippen molar-refractivity contribution in [2.45, 2.75) is 25.4 Å². The first kappa shape index (κ1) is 17.7. The third-order valence-electron chi connectivity index (χ3n) is 5.74. The molecule has 0 spiro atoms. The highest BCUT2D eigenvalue weighted by molar-refractivity contribution is 5.85. The van der Waals surface area contributed by atoms with Crippen molar-refractivity contribution in [1.29, 1.82) is 0 Å². The lowest BCUT2D eigenvalue weighted by Gasteiger charge is -2.28. The molecule has 0 aromatic heterocycles. The molecule has 27 heavy (non-hydrogen) atoms. The van der Waals surface area contributed by atoms with Gasteiger partial charge in [0.2, 0.25) is 5.91 Å². The van der Waals surface area contributed by atoms with Crippen molar-refractivity contribution in [3.05, 3.63) is 53.6 Å². The number of rotatable bonds is 7. The van der Waals surface area contributed by atoms with Gasteiger partial charge in [-0.25, -0.2) is 0 Å². The average molecular weight is 367 g/mol. The second-order valence-electron chi connectivity index (χ2n) is 7.28. The maximum absolute atomic E-state index is 12.8. The lowest BCUT2D eigenvalue weighted by molar-refractivity contribution is -0.132. The summed E-state index contributed by atoms with van der Waals surface area (Å²) in [4.78, 5) is 14.8. The van der Waals surface area contributed by atoms with Crippen LogP contribution in [0, 0.1) is 11.8 Å². The van der Waals surface area contributed by atoms with Gasteiger partial charge in [0.25, 0.3) is 0 Å². The number of likely N-dealkylation sites (tertiary alicyclic amines) is 1. The van der Waals surface area contributed by atoms with Crippen LogP contribution in [0.4, 0.5) is 0 Å². The first-order chi connectivity index (χ1) is 13.1. The van der Waals surface area contributed by atoms with E-state index in [1.54, 1.807) is 21.3 Å². The number of hydrogen-bond donors (Lipinski definition) is 0. The van der Waals surface area contributed by atoms with Crippen LogP contribution in [0.25, 0.3) is 0 Å². The molecule has 1 amide bonds. The Hall–Kier alpha value is -2.69. The number of nitrogens with zero attached hydrogens (tertiary/aromatic N) is 1. The summed E-state index contributed by atoms with van der Waals surface area (Å²) < 4.78 is 16.0. The number of piperidine rings is 1. The minimum absolute atomic E-state index is 0.216. The summed E-state index contributed by atoms with van der Waals surface area (Å²) in [6.07, 6.45) is 1.91. The fourth-order valence-electron chi connectivity index (χ4n) is 4.17. The molecule has 1 aliphatic carbocycles. The lowest BCUT2D eigenvalue weighted by Crippen LogP contribution is -2.37. The van der Waals surface area contributed by atoms with Gasteiger partial charge < -0.3 is 19.1 Å². The Kier molecular flexibility index (Phi) is 4.68. The second-order valence-corrected chi connectivity index (χ2v) is 7.28. The van der Waals surface area contributed by atoms with Gasteiger partial charge in [-0.1, -0.05) is 18.2 Å². The van der Waals surface area contributed by atoms with Gasteiger partial charge in [-0.05, 0) is 54.2 Å². The van der Waals surface area contributed by atoms with Gasteiger partial charge in [-0.15, -0.1) is 0 Å². The summed E-state index contributed by atoms with van der Waals surface area (Å²) >= 11 is 0. The van der Waals surface area contributed by atoms with Gasteiger partial charge in [0.15, 0.2) is 11.5 Å². The van der Waals surface area contributed by atoms with Crippen LogP contribution in [0.3, 0.4) is 0 Å². The molecule has 3 atom stereocenters. The van der Waals surface area contributed by atoms with E-state index in [0.717, 1.165) is 24.2 Å². The molecule has 1 aliphatic heterocycles. The van der Waals surface area contributed by atoms with Crippen LogP contribution >= 0.6 is 0 Å². The molecule has 0 bridgehead atoms. The van der Waals surface area contributed by atoms with Gasteiger partial charge >= 0.3 is 0 Å². The molecule has 2 aromatic carbocycles. The summed E-state index contributed by atoms with van der Waals surface area (Å²) in [6.45, 7) is 0.604. The standard InChI is InChI=1S/C22H25NO4/c1-25-16-7-4-14(5-8-16)10-19-17-12-18(17)22(24)23(19)13-15-6-9-20(26-2)21(11-15)27-3/h4-9,11,17-19H,10,12-13H2,1-3H3/t17-,18+,19-/m0/s1. The number of benzene rings is 2. The van der Waals surface area contributed by atoms with Crippen molar-refractivity contribution in [2.75, 3.05) is 21.3 Å². The number of amides is 1. The first-order valence-corrected chi connectivity index (χ1v) is 9.29. The molecule has 5 nitrogen and oxygen atoms in total. The summed E-state index contributed by atoms with van der Waals surface area (Å²) in [5, 5.41) is 0. The Bertz CT molecular complexity index is 833. The van der Waals surface area contributed by atoms with Crippen LogP contribution in [0.5, 0.6) is 17.2 Å². The minimum Gasteiger partial charge on any atom is -0.497 e. The molecule has 4 rings (SSSR count). The van der Waals surface area contributed by atoms with E-state index in [1.165, 1.54) is 5.56 Å². The number of carbonyl (C=O) groups is 1. The predicted molar refractivity (Wildman–Crippen MR) is 102 cm³/mol. The van der Waals surface area contributed by atoms with Crippen molar-refractivity contribution in [2.24, 2.45) is 11.8 Å². The highest BCUT2D eigenvalue weighted by Gasteiger charge is 2.58. The molecule has 5 heteroatoms. The highest BCUT2D eigenvalue weighted by atomic mass is 16.5. The Morgan fingerprint density at radius 3 is 2.30 bits per heavy atom. The molecule has 2 fully saturated rings. The van der Waals surface area contributed by atoms with E-state index in [2.05, 4.69) is 12.1 Å². The molecule has 1 heterocycles. The minimum atomic E-state index is 0.216. The molecule has 0 N–H and O–H groups in total. The Labute approximate surface area is 159 Å². The van der Waals surface area contributed by atoms with E-state index in [9.17, 15) is 4.79 Å². The average Bonchev–Trinajstić information content (AvgIpc) is 3.46. The van der Waals surface area contributed by atoms with Crippen molar-refractivity contribution >= 4 is 5.91 Å². The zero-order chi connectivity index (χ0) is 19.0. The molecule has 0 unspecified atom stereocenters. The van der Waals surface area contributed by atoms with Crippen molar-refractivity contribution in [1.82, 2.24) is 4.90 Å². The van der Waals surface area contributed by atoms with Gasteiger partial charge in [0, 0.05) is 18.5 Å². The Balaban J connectivity index is 1.52. The second kappa shape index (κ2) is 7.14. The van der Waals surface area contributed by atoms with Crippen molar-refractivity contribution in [3.8, 4) is 17.2 Å². The van der Waals surface area contributed by atoms with E-state index in [-0.39, 0.29) is 17.9 Å². The highest BCUT2D eigenvalue weighted by Crippen LogP contribution is 2.51. The third kappa shape index (κ3) is 3.34. The summed E-state index contributed by atoms with van der Waals surface area (Å²) in [5.41, 5.74) is 2.29. The molecule has 2 aliphatic rings. The zero-order valence-electron chi connectivity index (χ0n) is 16.0. The number of carbonyl (C=O) groups excluding carboxylic acids is 1. The molecular formula is C22H25NO4. The largest absolute Gasteiger partial charge is 0.497 e. The Morgan fingerprint density at radius 2 is 1.63 bits per heavy atom. The van der Waals surface area contributed by atoms with Crippen LogP contribution in [0.15, 0.2) is 42.5 Å². The molecule has 2 aromatic rings. The van der Waals surface area contributed by atoms with Crippen LogP contribution in [-0.4, -0.2) is 38.2 Å². The van der Waals surface area contributed by atoms with Crippen molar-refractivity contribution in [3.63, 3.8) is 0 Å². The molecule has 142 valence electrons. The molecule has 1 saturated heterocycles. The molecule has 0 radical (unpaired) electrons. The fourth-order valence-corrected chi connectivity index (χ4v) is 4.17. The van der Waals surface area contributed by atoms with Crippen LogP contribution < -0.4 is 14.2 Å². The normalized spacial score (nSPS) is 23.1. The third-order valence-corrected chi connectivity index (χ3v) is 5.74. The van der Waals surface area contributed by atoms with Gasteiger partial charge in [0.05, 0.1) is 21.3 Å². The number of methoxy groups -OCH3 is 3. The van der Waals surface area contributed by atoms with Gasteiger partial charge in [0.1, 0.15) is 5.75 Å². The predicted octanol–water partition coefficient (Wildman–Crippen LogP) is 3.30. The van der Waals surface area contributed by atoms with E-state index in [1.807, 2.05) is 35.2 Å².